The number of benzene rings is 1. The molecule has 150 valence electrons. The number of anilines is 2. The Morgan fingerprint density at radius 2 is 2.00 bits per heavy atom. The van der Waals surface area contributed by atoms with Gasteiger partial charge in [0.05, 0.1) is 36.3 Å². The fourth-order valence-electron chi connectivity index (χ4n) is 2.90. The van der Waals surface area contributed by atoms with Gasteiger partial charge in [-0.05, 0) is 24.1 Å². The summed E-state index contributed by atoms with van der Waals surface area (Å²) in [5.74, 6) is 0.730. The van der Waals surface area contributed by atoms with Crippen LogP contribution < -0.4 is 9.50 Å². The first-order valence-electron chi connectivity index (χ1n) is 8.71. The summed E-state index contributed by atoms with van der Waals surface area (Å²) in [7, 11) is -1.78. The number of fused-ring (bicyclic) bond motifs is 1. The molecular weight excluding hydrogens is 394 g/mol. The van der Waals surface area contributed by atoms with Crippen LogP contribution in [0.25, 0.3) is 11.0 Å². The van der Waals surface area contributed by atoms with E-state index in [0.29, 0.717) is 23.9 Å². The van der Waals surface area contributed by atoms with Gasteiger partial charge in [-0.25, -0.2) is 9.67 Å². The molecular formula is C18H19N7O3S. The van der Waals surface area contributed by atoms with E-state index in [1.165, 1.54) is 0 Å². The average molecular weight is 413 g/mol. The van der Waals surface area contributed by atoms with Crippen LogP contribution in [-0.2, 0) is 23.7 Å². The normalized spacial score (nSPS) is 11.7. The molecule has 10 nitrogen and oxygen atoms in total. The van der Waals surface area contributed by atoms with E-state index in [9.17, 15) is 8.42 Å². The van der Waals surface area contributed by atoms with Gasteiger partial charge in [0.1, 0.15) is 5.75 Å². The average Bonchev–Trinajstić information content (AvgIpc) is 3.23. The first-order valence-corrected chi connectivity index (χ1v) is 10.5. The predicted octanol–water partition coefficient (Wildman–Crippen LogP) is 2.00. The van der Waals surface area contributed by atoms with Crippen molar-refractivity contribution in [2.24, 2.45) is 7.05 Å². The highest BCUT2D eigenvalue weighted by Gasteiger charge is 2.13. The quantitative estimate of drug-likeness (QED) is 0.477. The Balaban J connectivity index is 1.64. The summed E-state index contributed by atoms with van der Waals surface area (Å²) < 4.78 is 31.4. The molecule has 0 aliphatic heterocycles. The van der Waals surface area contributed by atoms with Crippen molar-refractivity contribution in [3.05, 3.63) is 54.1 Å². The van der Waals surface area contributed by atoms with Gasteiger partial charge < -0.3 is 9.50 Å². The Morgan fingerprint density at radius 3 is 2.72 bits per heavy atom. The maximum Gasteiger partial charge on any atom is 0.306 e. The molecule has 1 N–H and O–H groups in total. The highest BCUT2D eigenvalue weighted by Crippen LogP contribution is 2.24. The lowest BCUT2D eigenvalue weighted by atomic mass is 10.1. The van der Waals surface area contributed by atoms with Gasteiger partial charge in [-0.1, -0.05) is 12.1 Å². The predicted molar refractivity (Wildman–Crippen MR) is 108 cm³/mol. The van der Waals surface area contributed by atoms with Crippen LogP contribution in [0.4, 0.5) is 11.6 Å². The van der Waals surface area contributed by atoms with Crippen LogP contribution in [0.1, 0.15) is 11.1 Å². The third kappa shape index (κ3) is 4.19. The number of nitrogens with zero attached hydrogens (tertiary/aromatic N) is 6. The highest BCUT2D eigenvalue weighted by molar-refractivity contribution is 7.86. The van der Waals surface area contributed by atoms with Crippen LogP contribution in [0.15, 0.2) is 43.0 Å². The molecule has 11 heteroatoms. The Labute approximate surface area is 167 Å². The maximum absolute atomic E-state index is 11.5. The SMILES string of the molecule is Cc1c(Cn2ncc3cnc(Nc4cnn(C)c4)nc32)cccc1OS(C)(=O)=O. The van der Waals surface area contributed by atoms with Gasteiger partial charge in [-0.3, -0.25) is 4.68 Å². The van der Waals surface area contributed by atoms with E-state index < -0.39 is 10.1 Å². The third-order valence-corrected chi connectivity index (χ3v) is 4.78. The van der Waals surface area contributed by atoms with Crippen LogP contribution in [0.3, 0.4) is 0 Å². The molecule has 0 bridgehead atoms. The van der Waals surface area contributed by atoms with Gasteiger partial charge in [0, 0.05) is 19.4 Å². The maximum atomic E-state index is 11.5. The molecule has 0 spiro atoms. The van der Waals surface area contributed by atoms with E-state index in [-0.39, 0.29) is 0 Å². The van der Waals surface area contributed by atoms with Gasteiger partial charge in [0.15, 0.2) is 5.65 Å². The highest BCUT2D eigenvalue weighted by atomic mass is 32.2. The van der Waals surface area contributed by atoms with Crippen LogP contribution in [0.2, 0.25) is 0 Å². The van der Waals surface area contributed by atoms with Crippen LogP contribution in [0.5, 0.6) is 5.75 Å². The Hall–Kier alpha value is -3.47. The summed E-state index contributed by atoms with van der Waals surface area (Å²) in [5.41, 5.74) is 3.03. The summed E-state index contributed by atoms with van der Waals surface area (Å²) >= 11 is 0. The molecule has 0 radical (unpaired) electrons. The lowest BCUT2D eigenvalue weighted by molar-refractivity contribution is 0.490. The van der Waals surface area contributed by atoms with Crippen LogP contribution in [0, 0.1) is 6.92 Å². The second-order valence-corrected chi connectivity index (χ2v) is 8.21. The molecule has 0 unspecified atom stereocenters. The number of aromatic nitrogens is 6. The van der Waals surface area contributed by atoms with Crippen molar-refractivity contribution in [1.29, 1.82) is 0 Å². The largest absolute Gasteiger partial charge is 0.382 e. The number of nitrogens with one attached hydrogen (secondary N) is 1. The number of aryl methyl sites for hydroxylation is 1. The second-order valence-electron chi connectivity index (χ2n) is 6.63. The van der Waals surface area contributed by atoms with Crippen molar-refractivity contribution in [3.8, 4) is 5.75 Å². The van der Waals surface area contributed by atoms with Crippen LogP contribution in [-0.4, -0.2) is 44.2 Å². The molecule has 4 aromatic rings. The molecule has 0 saturated carbocycles. The van der Waals surface area contributed by atoms with E-state index >= 15 is 0 Å². The minimum atomic E-state index is -3.60. The molecule has 0 saturated heterocycles. The smallest absolute Gasteiger partial charge is 0.306 e. The van der Waals surface area contributed by atoms with Gasteiger partial charge in [-0.2, -0.15) is 23.6 Å². The summed E-state index contributed by atoms with van der Waals surface area (Å²) in [4.78, 5) is 8.87. The van der Waals surface area contributed by atoms with Gasteiger partial charge in [-0.15, -0.1) is 0 Å². The molecule has 0 aliphatic carbocycles. The van der Waals surface area contributed by atoms with Crippen molar-refractivity contribution < 1.29 is 12.6 Å². The molecule has 0 amide bonds. The second kappa shape index (κ2) is 7.17. The number of hydrogen-bond acceptors (Lipinski definition) is 8. The van der Waals surface area contributed by atoms with Crippen molar-refractivity contribution in [2.45, 2.75) is 13.5 Å². The minimum absolute atomic E-state index is 0.301. The molecule has 1 aromatic carbocycles. The molecule has 0 aliphatic rings. The van der Waals surface area contributed by atoms with Crippen LogP contribution >= 0.6 is 0 Å². The van der Waals surface area contributed by atoms with Crippen molar-refractivity contribution >= 4 is 32.8 Å². The van der Waals surface area contributed by atoms with Gasteiger partial charge in [0.25, 0.3) is 0 Å². The third-order valence-electron chi connectivity index (χ3n) is 4.30. The van der Waals surface area contributed by atoms with Gasteiger partial charge >= 0.3 is 10.1 Å². The first-order chi connectivity index (χ1) is 13.8. The standard InChI is InChI=1S/C18H19N7O3S/c1-12-13(5-4-6-16(12)28-29(3,26)27)10-25-17-14(8-21-25)7-19-18(23-17)22-15-9-20-24(2)11-15/h4-9,11H,10H2,1-3H3,(H,19,22,23). The zero-order valence-electron chi connectivity index (χ0n) is 16.1. The van der Waals surface area contributed by atoms with E-state index in [1.807, 2.05) is 26.2 Å². The molecule has 29 heavy (non-hydrogen) atoms. The van der Waals surface area contributed by atoms with E-state index in [4.69, 9.17) is 4.18 Å². The molecule has 0 fully saturated rings. The van der Waals surface area contributed by atoms with Crippen molar-refractivity contribution in [3.63, 3.8) is 0 Å². The zero-order valence-corrected chi connectivity index (χ0v) is 16.9. The molecule has 3 aromatic heterocycles. The monoisotopic (exact) mass is 413 g/mol. The Kier molecular flexibility index (Phi) is 4.66. The lowest BCUT2D eigenvalue weighted by Gasteiger charge is -2.12. The van der Waals surface area contributed by atoms with Crippen molar-refractivity contribution in [1.82, 2.24) is 29.5 Å². The first kappa shape index (κ1) is 18.9. The Bertz CT molecular complexity index is 1290. The molecule has 0 atom stereocenters. The topological polar surface area (TPSA) is 117 Å². The molecule has 4 rings (SSSR count). The lowest BCUT2D eigenvalue weighted by Crippen LogP contribution is -2.09. The molecule has 3 heterocycles. The van der Waals surface area contributed by atoms with E-state index in [0.717, 1.165) is 28.5 Å². The van der Waals surface area contributed by atoms with E-state index in [2.05, 4.69) is 25.5 Å². The fraction of sp³-hybridized carbons (Fsp3) is 0.222. The summed E-state index contributed by atoms with van der Waals surface area (Å²) in [6, 6.07) is 5.27. The van der Waals surface area contributed by atoms with E-state index in [1.54, 1.807) is 40.1 Å². The summed E-state index contributed by atoms with van der Waals surface area (Å²) in [5, 5.41) is 12.4. The number of rotatable bonds is 6. The Morgan fingerprint density at radius 1 is 1.17 bits per heavy atom. The fourth-order valence-corrected chi connectivity index (χ4v) is 3.41. The zero-order chi connectivity index (χ0) is 20.6. The van der Waals surface area contributed by atoms with Gasteiger partial charge in [0.2, 0.25) is 5.95 Å². The number of hydrogen-bond donors (Lipinski definition) is 1. The summed E-state index contributed by atoms with van der Waals surface area (Å²) in [6.07, 6.45) is 7.91. The summed E-state index contributed by atoms with van der Waals surface area (Å²) in [6.45, 7) is 2.21. The van der Waals surface area contributed by atoms with Crippen molar-refractivity contribution in [2.75, 3.05) is 11.6 Å². The minimum Gasteiger partial charge on any atom is -0.382 e.